The number of rotatable bonds is 3. The molecule has 9 heteroatoms. The van der Waals surface area contributed by atoms with Crippen molar-refractivity contribution in [3.8, 4) is 0 Å². The molecule has 0 aliphatic carbocycles. The van der Waals surface area contributed by atoms with E-state index in [1.54, 1.807) is 0 Å². The zero-order valence-corrected chi connectivity index (χ0v) is 11.3. The highest BCUT2D eigenvalue weighted by Gasteiger charge is 2.56. The molecule has 2 heterocycles. The average molecular weight is 302 g/mol. The molecule has 2 rings (SSSR count). The van der Waals surface area contributed by atoms with Gasteiger partial charge in [0, 0.05) is 12.8 Å². The lowest BCUT2D eigenvalue weighted by atomic mass is 9.73. The molecular weight excluding hydrogens is 286 g/mol. The van der Waals surface area contributed by atoms with Crippen LogP contribution in [0.25, 0.3) is 0 Å². The summed E-state index contributed by atoms with van der Waals surface area (Å²) in [6, 6.07) is 2.90. The SMILES string of the molecule is COC(=O)[C@]1(Cc2ccc(N)nn2)CC(F)(F)CNC1O. The van der Waals surface area contributed by atoms with Crippen molar-refractivity contribution in [3.63, 3.8) is 0 Å². The van der Waals surface area contributed by atoms with Crippen molar-refractivity contribution >= 4 is 11.8 Å². The highest BCUT2D eigenvalue weighted by molar-refractivity contribution is 5.78. The number of halogens is 2. The number of aliphatic hydroxyl groups excluding tert-OH is 1. The molecule has 1 saturated heterocycles. The number of alkyl halides is 2. The van der Waals surface area contributed by atoms with Gasteiger partial charge >= 0.3 is 5.97 Å². The molecular formula is C12H16F2N4O3. The molecule has 0 aromatic carbocycles. The van der Waals surface area contributed by atoms with E-state index in [0.717, 1.165) is 7.11 Å². The first-order chi connectivity index (χ1) is 9.79. The van der Waals surface area contributed by atoms with Crippen molar-refractivity contribution in [1.82, 2.24) is 15.5 Å². The van der Waals surface area contributed by atoms with Gasteiger partial charge < -0.3 is 15.6 Å². The first-order valence-electron chi connectivity index (χ1n) is 6.25. The third kappa shape index (κ3) is 3.08. The Bertz CT molecular complexity index is 526. The third-order valence-electron chi connectivity index (χ3n) is 3.48. The van der Waals surface area contributed by atoms with E-state index in [0.29, 0.717) is 0 Å². The fourth-order valence-corrected chi connectivity index (χ4v) is 2.47. The van der Waals surface area contributed by atoms with Crippen molar-refractivity contribution in [2.24, 2.45) is 5.41 Å². The molecule has 2 atom stereocenters. The fourth-order valence-electron chi connectivity index (χ4n) is 2.47. The standard InChI is InChI=1S/C12H16F2N4O3/c1-21-10(20)11(4-7-2-3-8(15)18-17-7)5-12(13,14)6-16-9(11)19/h2-3,9,16,19H,4-6H2,1H3,(H2,15,18)/t9?,11-/m1/s1. The number of ether oxygens (including phenoxy) is 1. The van der Waals surface area contributed by atoms with Gasteiger partial charge in [0.15, 0.2) is 0 Å². The van der Waals surface area contributed by atoms with Gasteiger partial charge in [-0.25, -0.2) is 8.78 Å². The highest BCUT2D eigenvalue weighted by atomic mass is 19.3. The molecule has 1 aromatic rings. The van der Waals surface area contributed by atoms with E-state index in [1.165, 1.54) is 12.1 Å². The normalized spacial score (nSPS) is 28.1. The van der Waals surface area contributed by atoms with E-state index in [1.807, 2.05) is 0 Å². The topological polar surface area (TPSA) is 110 Å². The Morgan fingerprint density at radius 1 is 1.57 bits per heavy atom. The van der Waals surface area contributed by atoms with E-state index < -0.39 is 36.5 Å². The van der Waals surface area contributed by atoms with E-state index in [4.69, 9.17) is 5.73 Å². The monoisotopic (exact) mass is 302 g/mol. The van der Waals surface area contributed by atoms with E-state index in [2.05, 4.69) is 20.3 Å². The van der Waals surface area contributed by atoms with Gasteiger partial charge in [-0.3, -0.25) is 10.1 Å². The number of aliphatic hydroxyl groups is 1. The summed E-state index contributed by atoms with van der Waals surface area (Å²) in [7, 11) is 1.08. The molecule has 1 aliphatic heterocycles. The fraction of sp³-hybridized carbons (Fsp3) is 0.583. The number of nitrogens with one attached hydrogen (secondary N) is 1. The molecule has 0 saturated carbocycles. The minimum atomic E-state index is -3.14. The Morgan fingerprint density at radius 3 is 2.86 bits per heavy atom. The third-order valence-corrected chi connectivity index (χ3v) is 3.48. The van der Waals surface area contributed by atoms with Crippen LogP contribution in [0.2, 0.25) is 0 Å². The number of nitrogen functional groups attached to an aromatic ring is 1. The summed E-state index contributed by atoms with van der Waals surface area (Å²) in [6.45, 7) is -0.708. The molecule has 1 aromatic heterocycles. The van der Waals surface area contributed by atoms with Crippen LogP contribution in [0.5, 0.6) is 0 Å². The number of aromatic nitrogens is 2. The van der Waals surface area contributed by atoms with Crippen molar-refractivity contribution < 1.29 is 23.4 Å². The average Bonchev–Trinajstić information content (AvgIpc) is 2.44. The first kappa shape index (κ1) is 15.5. The van der Waals surface area contributed by atoms with Crippen molar-refractivity contribution in [3.05, 3.63) is 17.8 Å². The number of nitrogens with two attached hydrogens (primary N) is 1. The summed E-state index contributed by atoms with van der Waals surface area (Å²) >= 11 is 0. The Morgan fingerprint density at radius 2 is 2.29 bits per heavy atom. The number of esters is 1. The van der Waals surface area contributed by atoms with E-state index in [9.17, 15) is 18.7 Å². The molecule has 0 bridgehead atoms. The summed E-state index contributed by atoms with van der Waals surface area (Å²) in [5, 5.41) is 19.7. The lowest BCUT2D eigenvalue weighted by Gasteiger charge is -2.42. The van der Waals surface area contributed by atoms with Gasteiger partial charge in [-0.2, -0.15) is 5.10 Å². The van der Waals surface area contributed by atoms with Crippen LogP contribution in [0.3, 0.4) is 0 Å². The predicted molar refractivity (Wildman–Crippen MR) is 68.2 cm³/mol. The minimum Gasteiger partial charge on any atom is -0.468 e. The number of nitrogens with zero attached hydrogens (tertiary/aromatic N) is 2. The number of hydrogen-bond acceptors (Lipinski definition) is 7. The molecule has 4 N–H and O–H groups in total. The second kappa shape index (κ2) is 5.49. The smallest absolute Gasteiger partial charge is 0.316 e. The van der Waals surface area contributed by atoms with Crippen LogP contribution in [0, 0.1) is 5.41 Å². The number of methoxy groups -OCH3 is 1. The molecule has 116 valence electrons. The van der Waals surface area contributed by atoms with Crippen LogP contribution in [-0.4, -0.2) is 47.1 Å². The van der Waals surface area contributed by atoms with E-state index in [-0.39, 0.29) is 17.9 Å². The maximum absolute atomic E-state index is 13.7. The number of carbonyl (C=O) groups is 1. The summed E-state index contributed by atoms with van der Waals surface area (Å²) in [6.07, 6.45) is -2.55. The van der Waals surface area contributed by atoms with Crippen molar-refractivity contribution in [2.45, 2.75) is 25.0 Å². The first-order valence-corrected chi connectivity index (χ1v) is 6.25. The molecule has 1 aliphatic rings. The lowest BCUT2D eigenvalue weighted by molar-refractivity contribution is -0.184. The summed E-state index contributed by atoms with van der Waals surface area (Å²) < 4.78 is 32.0. The van der Waals surface area contributed by atoms with E-state index >= 15 is 0 Å². The number of hydrogen-bond donors (Lipinski definition) is 3. The number of carbonyl (C=O) groups excluding carboxylic acids is 1. The molecule has 0 spiro atoms. The number of piperidine rings is 1. The zero-order valence-electron chi connectivity index (χ0n) is 11.3. The zero-order chi connectivity index (χ0) is 15.7. The minimum absolute atomic E-state index is 0.165. The van der Waals surface area contributed by atoms with Gasteiger partial charge in [-0.05, 0) is 12.1 Å². The second-order valence-electron chi connectivity index (χ2n) is 5.09. The molecule has 21 heavy (non-hydrogen) atoms. The molecule has 1 unspecified atom stereocenters. The van der Waals surface area contributed by atoms with Crippen LogP contribution in [0.1, 0.15) is 12.1 Å². The van der Waals surface area contributed by atoms with Crippen molar-refractivity contribution in [2.75, 3.05) is 19.4 Å². The summed E-state index contributed by atoms with van der Waals surface area (Å²) in [4.78, 5) is 12.0. The van der Waals surface area contributed by atoms with Gasteiger partial charge in [-0.1, -0.05) is 0 Å². The van der Waals surface area contributed by atoms with Crippen molar-refractivity contribution in [1.29, 1.82) is 0 Å². The van der Waals surface area contributed by atoms with Crippen LogP contribution in [0.4, 0.5) is 14.6 Å². The largest absolute Gasteiger partial charge is 0.468 e. The molecule has 7 nitrogen and oxygen atoms in total. The maximum atomic E-state index is 13.7. The quantitative estimate of drug-likeness (QED) is 0.658. The van der Waals surface area contributed by atoms with Gasteiger partial charge in [0.05, 0.1) is 19.3 Å². The highest BCUT2D eigenvalue weighted by Crippen LogP contribution is 2.41. The maximum Gasteiger partial charge on any atom is 0.316 e. The Balaban J connectivity index is 2.36. The van der Waals surface area contributed by atoms with Gasteiger partial charge in [-0.15, -0.1) is 5.10 Å². The van der Waals surface area contributed by atoms with Gasteiger partial charge in [0.25, 0.3) is 5.92 Å². The van der Waals surface area contributed by atoms with Crippen LogP contribution < -0.4 is 11.1 Å². The van der Waals surface area contributed by atoms with Crippen LogP contribution >= 0.6 is 0 Å². The Hall–Kier alpha value is -1.87. The predicted octanol–water partition coefficient (Wildman–Crippen LogP) is -0.292. The summed E-state index contributed by atoms with van der Waals surface area (Å²) in [5.74, 6) is -3.91. The Labute approximate surface area is 119 Å². The molecule has 0 radical (unpaired) electrons. The lowest BCUT2D eigenvalue weighted by Crippen LogP contribution is -2.61. The molecule has 0 amide bonds. The molecule has 1 fully saturated rings. The van der Waals surface area contributed by atoms with Gasteiger partial charge in [0.1, 0.15) is 17.5 Å². The number of anilines is 1. The van der Waals surface area contributed by atoms with Crippen LogP contribution in [-0.2, 0) is 16.0 Å². The van der Waals surface area contributed by atoms with Gasteiger partial charge in [0.2, 0.25) is 0 Å². The second-order valence-corrected chi connectivity index (χ2v) is 5.09. The van der Waals surface area contributed by atoms with Crippen LogP contribution in [0.15, 0.2) is 12.1 Å². The summed E-state index contributed by atoms with van der Waals surface area (Å²) in [5.41, 5.74) is 3.83. The Kier molecular flexibility index (Phi) is 4.06.